The molecular weight excluding hydrogens is 232 g/mol. The maximum Gasteiger partial charge on any atom is 0.114 e. The Morgan fingerprint density at radius 2 is 1.21 bits per heavy atom. The van der Waals surface area contributed by atoms with Crippen molar-refractivity contribution >= 4 is 0 Å². The molecule has 112 valence electrons. The monoisotopic (exact) mass is 266 g/mol. The van der Waals surface area contributed by atoms with E-state index in [1.54, 1.807) is 6.08 Å². The highest BCUT2D eigenvalue weighted by atomic mass is 16.3. The third kappa shape index (κ3) is 10.9. The highest BCUT2D eigenvalue weighted by Crippen LogP contribution is 2.17. The van der Waals surface area contributed by atoms with Gasteiger partial charge in [-0.2, -0.15) is 0 Å². The summed E-state index contributed by atoms with van der Waals surface area (Å²) in [7, 11) is 0. The molecule has 0 saturated heterocycles. The van der Waals surface area contributed by atoms with E-state index in [9.17, 15) is 5.11 Å². The zero-order valence-electron chi connectivity index (χ0n) is 13.4. The minimum absolute atomic E-state index is 0.457. The predicted octanol–water partition coefficient (Wildman–Crippen LogP) is 6.71. The van der Waals surface area contributed by atoms with Crippen molar-refractivity contribution in [2.75, 3.05) is 0 Å². The molecule has 1 nitrogen and oxygen atoms in total. The number of hydrogen-bond acceptors (Lipinski definition) is 1. The van der Waals surface area contributed by atoms with Gasteiger partial charge in [0.2, 0.25) is 0 Å². The Kier molecular flexibility index (Phi) is 13.2. The van der Waals surface area contributed by atoms with Crippen molar-refractivity contribution in [3.8, 4) is 0 Å². The van der Waals surface area contributed by atoms with Gasteiger partial charge in [-0.3, -0.25) is 0 Å². The van der Waals surface area contributed by atoms with Gasteiger partial charge in [-0.05, 0) is 38.3 Å². The normalized spacial score (nSPS) is 13.0. The first-order valence-corrected chi connectivity index (χ1v) is 8.27. The van der Waals surface area contributed by atoms with Crippen LogP contribution in [0.1, 0.15) is 91.4 Å². The summed E-state index contributed by atoms with van der Waals surface area (Å²) in [6, 6.07) is 0. The van der Waals surface area contributed by atoms with Gasteiger partial charge in [0, 0.05) is 0 Å². The van der Waals surface area contributed by atoms with E-state index in [4.69, 9.17) is 0 Å². The minimum Gasteiger partial charge on any atom is -0.508 e. The van der Waals surface area contributed by atoms with Gasteiger partial charge >= 0.3 is 0 Å². The molecule has 0 spiro atoms. The Bertz CT molecular complexity index is 250. The molecule has 0 aliphatic rings. The summed E-state index contributed by atoms with van der Waals surface area (Å²) in [6.45, 7) is 6.16. The lowest BCUT2D eigenvalue weighted by atomic mass is 10.0. The lowest BCUT2D eigenvalue weighted by Gasteiger charge is -2.06. The summed E-state index contributed by atoms with van der Waals surface area (Å²) in [5.74, 6) is 0.457. The summed E-state index contributed by atoms with van der Waals surface area (Å²) in [6.07, 6.45) is 18.5. The van der Waals surface area contributed by atoms with Crippen molar-refractivity contribution in [1.29, 1.82) is 0 Å². The van der Waals surface area contributed by atoms with Gasteiger partial charge in [-0.1, -0.05) is 70.8 Å². The first-order valence-electron chi connectivity index (χ1n) is 8.27. The number of unbranched alkanes of at least 4 members (excludes halogenated alkanes) is 9. The first kappa shape index (κ1) is 18.3. The van der Waals surface area contributed by atoms with Crippen LogP contribution in [0.5, 0.6) is 0 Å². The molecule has 0 radical (unpaired) electrons. The van der Waals surface area contributed by atoms with Crippen LogP contribution in [-0.4, -0.2) is 5.11 Å². The molecule has 0 atom stereocenters. The number of aliphatic hydroxyl groups is 1. The lowest BCUT2D eigenvalue weighted by Crippen LogP contribution is -1.89. The molecule has 19 heavy (non-hydrogen) atoms. The van der Waals surface area contributed by atoms with E-state index in [0.717, 1.165) is 12.0 Å². The zero-order chi connectivity index (χ0) is 14.3. The van der Waals surface area contributed by atoms with Crippen molar-refractivity contribution in [2.24, 2.45) is 0 Å². The molecule has 0 unspecified atom stereocenters. The summed E-state index contributed by atoms with van der Waals surface area (Å²) >= 11 is 0. The second-order valence-corrected chi connectivity index (χ2v) is 5.42. The molecule has 0 aromatic rings. The van der Waals surface area contributed by atoms with E-state index in [1.807, 2.05) is 19.9 Å². The predicted molar refractivity (Wildman–Crippen MR) is 86.6 cm³/mol. The standard InChI is InChI=1S/C18H34O/c1-4-7-8-9-10-11-12-13-14-15-16-17(5-2)18(19)6-3/h5-6,19H,4,7-16H2,1-3H3. The van der Waals surface area contributed by atoms with Crippen molar-refractivity contribution in [1.82, 2.24) is 0 Å². The van der Waals surface area contributed by atoms with Gasteiger partial charge in [0.1, 0.15) is 5.76 Å². The molecule has 0 bridgehead atoms. The molecule has 0 heterocycles. The summed E-state index contributed by atoms with van der Waals surface area (Å²) in [5.41, 5.74) is 1.10. The zero-order valence-corrected chi connectivity index (χ0v) is 13.4. The van der Waals surface area contributed by atoms with Crippen LogP contribution < -0.4 is 0 Å². The van der Waals surface area contributed by atoms with Gasteiger partial charge in [0.15, 0.2) is 0 Å². The molecule has 0 aliphatic carbocycles. The first-order chi connectivity index (χ1) is 9.26. The number of aliphatic hydroxyl groups excluding tert-OH is 1. The van der Waals surface area contributed by atoms with E-state index >= 15 is 0 Å². The van der Waals surface area contributed by atoms with Crippen LogP contribution in [0.3, 0.4) is 0 Å². The minimum atomic E-state index is 0.457. The van der Waals surface area contributed by atoms with Crippen molar-refractivity contribution in [2.45, 2.75) is 91.4 Å². The van der Waals surface area contributed by atoms with Crippen molar-refractivity contribution in [3.63, 3.8) is 0 Å². The molecule has 0 saturated carbocycles. The molecule has 1 heteroatoms. The Balaban J connectivity index is 3.36. The van der Waals surface area contributed by atoms with E-state index in [-0.39, 0.29) is 0 Å². The fourth-order valence-corrected chi connectivity index (χ4v) is 2.41. The molecule has 1 N–H and O–H groups in total. The van der Waals surface area contributed by atoms with Crippen LogP contribution in [0.4, 0.5) is 0 Å². The SMILES string of the molecule is CC=C(O)C(=CC)CCCCCCCCCCCC. The number of hydrogen-bond donors (Lipinski definition) is 1. The van der Waals surface area contributed by atoms with Gasteiger partial charge in [-0.25, -0.2) is 0 Å². The number of rotatable bonds is 12. The van der Waals surface area contributed by atoms with Crippen molar-refractivity contribution < 1.29 is 5.11 Å². The highest BCUT2D eigenvalue weighted by molar-refractivity contribution is 5.23. The molecule has 0 aromatic carbocycles. The molecular formula is C18H34O. The van der Waals surface area contributed by atoms with E-state index in [2.05, 4.69) is 6.92 Å². The second-order valence-electron chi connectivity index (χ2n) is 5.42. The van der Waals surface area contributed by atoms with Crippen LogP contribution in [0, 0.1) is 0 Å². The van der Waals surface area contributed by atoms with Gasteiger partial charge < -0.3 is 5.11 Å². The summed E-state index contributed by atoms with van der Waals surface area (Å²) in [4.78, 5) is 0. The largest absolute Gasteiger partial charge is 0.508 e. The fraction of sp³-hybridized carbons (Fsp3) is 0.778. The second kappa shape index (κ2) is 13.7. The molecule has 0 aromatic heterocycles. The maximum atomic E-state index is 9.65. The van der Waals surface area contributed by atoms with E-state index in [0.29, 0.717) is 5.76 Å². The Morgan fingerprint density at radius 1 is 0.737 bits per heavy atom. The van der Waals surface area contributed by atoms with Crippen LogP contribution in [0.25, 0.3) is 0 Å². The average molecular weight is 266 g/mol. The highest BCUT2D eigenvalue weighted by Gasteiger charge is 2.00. The Morgan fingerprint density at radius 3 is 1.63 bits per heavy atom. The smallest absolute Gasteiger partial charge is 0.114 e. The van der Waals surface area contributed by atoms with Gasteiger partial charge in [0.25, 0.3) is 0 Å². The Labute approximate surface area is 120 Å². The van der Waals surface area contributed by atoms with Crippen LogP contribution in [0.2, 0.25) is 0 Å². The average Bonchev–Trinajstić information content (AvgIpc) is 2.44. The summed E-state index contributed by atoms with van der Waals surface area (Å²) < 4.78 is 0. The molecule has 0 amide bonds. The third-order valence-corrected chi connectivity index (χ3v) is 3.75. The number of allylic oxidation sites excluding steroid dienone is 3. The molecule has 0 fully saturated rings. The van der Waals surface area contributed by atoms with E-state index < -0.39 is 0 Å². The van der Waals surface area contributed by atoms with Gasteiger partial charge in [-0.15, -0.1) is 0 Å². The third-order valence-electron chi connectivity index (χ3n) is 3.75. The Hall–Kier alpha value is -0.720. The van der Waals surface area contributed by atoms with Crippen LogP contribution >= 0.6 is 0 Å². The van der Waals surface area contributed by atoms with Crippen molar-refractivity contribution in [3.05, 3.63) is 23.5 Å². The quantitative estimate of drug-likeness (QED) is 0.236. The fourth-order valence-electron chi connectivity index (χ4n) is 2.41. The molecule has 0 rings (SSSR count). The lowest BCUT2D eigenvalue weighted by molar-refractivity contribution is 0.415. The maximum absolute atomic E-state index is 9.65. The van der Waals surface area contributed by atoms with Crippen LogP contribution in [-0.2, 0) is 0 Å². The van der Waals surface area contributed by atoms with E-state index in [1.165, 1.54) is 64.2 Å². The molecule has 0 aliphatic heterocycles. The van der Waals surface area contributed by atoms with Gasteiger partial charge in [0.05, 0.1) is 0 Å². The van der Waals surface area contributed by atoms with Crippen LogP contribution in [0.15, 0.2) is 23.5 Å². The summed E-state index contributed by atoms with van der Waals surface area (Å²) in [5, 5.41) is 9.65. The topological polar surface area (TPSA) is 20.2 Å².